The first-order chi connectivity index (χ1) is 8.17. The number of imidazole rings is 1. The second-order valence-electron chi connectivity index (χ2n) is 4.30. The molecular weight excluding hydrogens is 214 g/mol. The summed E-state index contributed by atoms with van der Waals surface area (Å²) in [6.45, 7) is 4.93. The van der Waals surface area contributed by atoms with Gasteiger partial charge in [-0.05, 0) is 25.1 Å². The van der Waals surface area contributed by atoms with Crippen molar-refractivity contribution >= 4 is 16.7 Å². The zero-order valence-corrected chi connectivity index (χ0v) is 10.6. The normalized spacial score (nSPS) is 13.1. The monoisotopic (exact) mass is 233 g/mol. The van der Waals surface area contributed by atoms with Gasteiger partial charge < -0.3 is 15.0 Å². The van der Waals surface area contributed by atoms with Crippen LogP contribution in [-0.4, -0.2) is 23.3 Å². The minimum absolute atomic E-state index is 0.281. The molecule has 17 heavy (non-hydrogen) atoms. The third-order valence-electron chi connectivity index (χ3n) is 2.95. The molecule has 0 aliphatic rings. The Morgan fingerprint density at radius 1 is 1.47 bits per heavy atom. The maximum Gasteiger partial charge on any atom is 0.109 e. The molecule has 0 aliphatic heterocycles. The van der Waals surface area contributed by atoms with E-state index in [1.807, 2.05) is 18.2 Å². The minimum Gasteiger partial charge on any atom is -0.399 e. The van der Waals surface area contributed by atoms with Crippen molar-refractivity contribution in [1.82, 2.24) is 9.55 Å². The van der Waals surface area contributed by atoms with E-state index >= 15 is 0 Å². The van der Waals surface area contributed by atoms with Crippen LogP contribution in [0.2, 0.25) is 0 Å². The van der Waals surface area contributed by atoms with Crippen LogP contribution >= 0.6 is 0 Å². The van der Waals surface area contributed by atoms with Gasteiger partial charge in [0.2, 0.25) is 0 Å². The summed E-state index contributed by atoms with van der Waals surface area (Å²) in [4.78, 5) is 4.62. The number of ether oxygens (including phenoxy) is 1. The van der Waals surface area contributed by atoms with Crippen LogP contribution in [0.5, 0.6) is 0 Å². The molecule has 2 rings (SSSR count). The van der Waals surface area contributed by atoms with Crippen LogP contribution in [0.4, 0.5) is 5.69 Å². The van der Waals surface area contributed by atoms with Gasteiger partial charge in [-0.3, -0.25) is 0 Å². The Labute approximate surface area is 101 Å². The van der Waals surface area contributed by atoms with Gasteiger partial charge in [0, 0.05) is 19.2 Å². The molecule has 0 aliphatic carbocycles. The molecule has 0 saturated carbocycles. The van der Waals surface area contributed by atoms with Gasteiger partial charge in [0.25, 0.3) is 0 Å². The fourth-order valence-electron chi connectivity index (χ4n) is 2.22. The van der Waals surface area contributed by atoms with Gasteiger partial charge in [0.1, 0.15) is 5.82 Å². The average Bonchev–Trinajstić information content (AvgIpc) is 2.66. The molecule has 1 atom stereocenters. The minimum atomic E-state index is 0.281. The Bertz CT molecular complexity index is 519. The highest BCUT2D eigenvalue weighted by Gasteiger charge is 2.14. The summed E-state index contributed by atoms with van der Waals surface area (Å²) < 4.78 is 7.46. The van der Waals surface area contributed by atoms with E-state index < -0.39 is 0 Å². The molecule has 0 radical (unpaired) electrons. The van der Waals surface area contributed by atoms with E-state index in [4.69, 9.17) is 10.5 Å². The number of nitrogens with zero attached hydrogens (tertiary/aromatic N) is 2. The first-order valence-electron chi connectivity index (χ1n) is 5.92. The van der Waals surface area contributed by atoms with Gasteiger partial charge in [-0.2, -0.15) is 0 Å². The smallest absolute Gasteiger partial charge is 0.109 e. The Balaban J connectivity index is 2.58. The van der Waals surface area contributed by atoms with E-state index in [2.05, 4.69) is 23.4 Å². The highest BCUT2D eigenvalue weighted by atomic mass is 16.5. The lowest BCUT2D eigenvalue weighted by Crippen LogP contribution is -2.13. The zero-order valence-electron chi connectivity index (χ0n) is 10.6. The van der Waals surface area contributed by atoms with Crippen molar-refractivity contribution in [3.05, 3.63) is 24.0 Å². The van der Waals surface area contributed by atoms with Gasteiger partial charge in [0.05, 0.1) is 23.7 Å². The van der Waals surface area contributed by atoms with E-state index in [1.54, 1.807) is 7.11 Å². The molecule has 0 amide bonds. The molecular formula is C13H19N3O. The van der Waals surface area contributed by atoms with Crippen molar-refractivity contribution in [1.29, 1.82) is 0 Å². The van der Waals surface area contributed by atoms with Crippen LogP contribution in [-0.2, 0) is 11.2 Å². The fourth-order valence-corrected chi connectivity index (χ4v) is 2.22. The predicted octanol–water partition coefficient (Wildman–Crippen LogP) is 2.39. The van der Waals surface area contributed by atoms with Crippen molar-refractivity contribution in [3.63, 3.8) is 0 Å². The maximum absolute atomic E-state index is 5.79. The predicted molar refractivity (Wildman–Crippen MR) is 70.1 cm³/mol. The number of hydrogen-bond acceptors (Lipinski definition) is 3. The largest absolute Gasteiger partial charge is 0.399 e. The van der Waals surface area contributed by atoms with Crippen molar-refractivity contribution in [3.8, 4) is 0 Å². The Hall–Kier alpha value is -1.55. The lowest BCUT2D eigenvalue weighted by Gasteiger charge is -2.16. The molecule has 1 aromatic heterocycles. The third-order valence-corrected chi connectivity index (χ3v) is 2.95. The number of fused-ring (bicyclic) bond motifs is 1. The van der Waals surface area contributed by atoms with Crippen molar-refractivity contribution < 1.29 is 4.74 Å². The molecule has 1 aromatic carbocycles. The van der Waals surface area contributed by atoms with Crippen molar-refractivity contribution in [2.75, 3.05) is 19.5 Å². The van der Waals surface area contributed by atoms with Crippen LogP contribution in [0.3, 0.4) is 0 Å². The van der Waals surface area contributed by atoms with E-state index in [-0.39, 0.29) is 6.04 Å². The van der Waals surface area contributed by atoms with Gasteiger partial charge in [-0.1, -0.05) is 6.92 Å². The number of methoxy groups -OCH3 is 1. The Morgan fingerprint density at radius 2 is 2.24 bits per heavy atom. The first kappa shape index (κ1) is 11.9. The summed E-state index contributed by atoms with van der Waals surface area (Å²) in [5.74, 6) is 1.08. The standard InChI is InChI=1S/C13H19N3O/c1-4-13-15-11-7-10(14)5-6-12(11)16(13)9(2)8-17-3/h5-7,9H,4,8,14H2,1-3H3. The van der Waals surface area contributed by atoms with Gasteiger partial charge in [0.15, 0.2) is 0 Å². The van der Waals surface area contributed by atoms with Crippen LogP contribution in [0.15, 0.2) is 18.2 Å². The Morgan fingerprint density at radius 3 is 2.88 bits per heavy atom. The molecule has 0 saturated heterocycles. The van der Waals surface area contributed by atoms with E-state index in [0.29, 0.717) is 6.61 Å². The number of aromatic nitrogens is 2. The molecule has 4 nitrogen and oxygen atoms in total. The molecule has 2 N–H and O–H groups in total. The number of nitrogens with two attached hydrogens (primary N) is 1. The molecule has 4 heteroatoms. The fraction of sp³-hybridized carbons (Fsp3) is 0.462. The highest BCUT2D eigenvalue weighted by Crippen LogP contribution is 2.23. The quantitative estimate of drug-likeness (QED) is 0.825. The molecule has 1 unspecified atom stereocenters. The SMILES string of the molecule is CCc1nc2cc(N)ccc2n1C(C)COC. The summed E-state index contributed by atoms with van der Waals surface area (Å²) in [5.41, 5.74) is 8.63. The van der Waals surface area contributed by atoms with Crippen LogP contribution in [0.1, 0.15) is 25.7 Å². The first-order valence-corrected chi connectivity index (χ1v) is 5.92. The number of benzene rings is 1. The summed E-state index contributed by atoms with van der Waals surface area (Å²) in [5, 5.41) is 0. The van der Waals surface area contributed by atoms with Gasteiger partial charge in [-0.15, -0.1) is 0 Å². The van der Waals surface area contributed by atoms with Crippen molar-refractivity contribution in [2.24, 2.45) is 0 Å². The van der Waals surface area contributed by atoms with E-state index in [0.717, 1.165) is 29.0 Å². The van der Waals surface area contributed by atoms with Crippen LogP contribution in [0, 0.1) is 0 Å². The van der Waals surface area contributed by atoms with Crippen molar-refractivity contribution in [2.45, 2.75) is 26.3 Å². The number of rotatable bonds is 4. The lowest BCUT2D eigenvalue weighted by atomic mass is 10.2. The molecule has 0 spiro atoms. The summed E-state index contributed by atoms with van der Waals surface area (Å²) in [6, 6.07) is 6.15. The molecule has 2 aromatic rings. The number of nitrogen functional groups attached to an aromatic ring is 1. The number of aryl methyl sites for hydroxylation is 1. The summed E-state index contributed by atoms with van der Waals surface area (Å²) in [7, 11) is 1.72. The third kappa shape index (κ3) is 2.13. The average molecular weight is 233 g/mol. The topological polar surface area (TPSA) is 53.1 Å². The van der Waals surface area contributed by atoms with Crippen LogP contribution < -0.4 is 5.73 Å². The second kappa shape index (κ2) is 4.75. The highest BCUT2D eigenvalue weighted by molar-refractivity contribution is 5.79. The van der Waals surface area contributed by atoms with E-state index in [1.165, 1.54) is 0 Å². The lowest BCUT2D eigenvalue weighted by molar-refractivity contribution is 0.162. The van der Waals surface area contributed by atoms with Gasteiger partial charge >= 0.3 is 0 Å². The van der Waals surface area contributed by atoms with Gasteiger partial charge in [-0.25, -0.2) is 4.98 Å². The molecule has 0 fully saturated rings. The Kier molecular flexibility index (Phi) is 3.33. The molecule has 1 heterocycles. The maximum atomic E-state index is 5.79. The zero-order chi connectivity index (χ0) is 12.4. The van der Waals surface area contributed by atoms with E-state index in [9.17, 15) is 0 Å². The summed E-state index contributed by atoms with van der Waals surface area (Å²) >= 11 is 0. The summed E-state index contributed by atoms with van der Waals surface area (Å²) in [6.07, 6.45) is 0.905. The second-order valence-corrected chi connectivity index (χ2v) is 4.30. The van der Waals surface area contributed by atoms with Crippen LogP contribution in [0.25, 0.3) is 11.0 Å². The number of anilines is 1. The molecule has 92 valence electrons. The number of hydrogen-bond donors (Lipinski definition) is 1. The molecule has 0 bridgehead atoms.